The van der Waals surface area contributed by atoms with Crippen LogP contribution >= 0.6 is 27.3 Å². The standard InChI is InChI=1S/C18H20BrN3O3S/c1-3-14-11(2)10-15(26-14)18(25)22-21-16(23)8-9-20-17(24)12-4-6-13(19)7-5-12/h4-7,10H,3,8-9H2,1-2H3,(H,20,24)(H,21,23)(H,22,25). The van der Waals surface area contributed by atoms with Gasteiger partial charge in [-0.2, -0.15) is 0 Å². The molecule has 8 heteroatoms. The maximum atomic E-state index is 12.0. The highest BCUT2D eigenvalue weighted by Gasteiger charge is 2.12. The second-order valence-electron chi connectivity index (χ2n) is 5.59. The van der Waals surface area contributed by atoms with Crippen LogP contribution in [0.4, 0.5) is 0 Å². The van der Waals surface area contributed by atoms with Gasteiger partial charge < -0.3 is 5.32 Å². The summed E-state index contributed by atoms with van der Waals surface area (Å²) in [6.07, 6.45) is 0.931. The second kappa shape index (κ2) is 9.49. The van der Waals surface area contributed by atoms with E-state index in [1.807, 2.05) is 19.9 Å². The van der Waals surface area contributed by atoms with E-state index in [0.717, 1.165) is 21.3 Å². The van der Waals surface area contributed by atoms with E-state index < -0.39 is 0 Å². The van der Waals surface area contributed by atoms with Crippen LogP contribution in [0.1, 0.15) is 43.8 Å². The molecule has 0 radical (unpaired) electrons. The Morgan fingerprint density at radius 2 is 1.77 bits per heavy atom. The molecular formula is C18H20BrN3O3S. The number of carbonyl (C=O) groups is 3. The van der Waals surface area contributed by atoms with Gasteiger partial charge in [-0.15, -0.1) is 11.3 Å². The minimum absolute atomic E-state index is 0.0617. The first kappa shape index (κ1) is 20.1. The fraction of sp³-hybridized carbons (Fsp3) is 0.278. The van der Waals surface area contributed by atoms with E-state index in [1.54, 1.807) is 24.3 Å². The number of nitrogens with one attached hydrogen (secondary N) is 3. The average molecular weight is 438 g/mol. The fourth-order valence-corrected chi connectivity index (χ4v) is 3.50. The first-order valence-corrected chi connectivity index (χ1v) is 9.74. The van der Waals surface area contributed by atoms with Gasteiger partial charge in [-0.25, -0.2) is 0 Å². The molecule has 26 heavy (non-hydrogen) atoms. The van der Waals surface area contributed by atoms with Gasteiger partial charge in [0, 0.05) is 27.9 Å². The van der Waals surface area contributed by atoms with Crippen molar-refractivity contribution in [2.24, 2.45) is 0 Å². The van der Waals surface area contributed by atoms with Crippen molar-refractivity contribution in [2.75, 3.05) is 6.54 Å². The number of hydrogen-bond donors (Lipinski definition) is 3. The van der Waals surface area contributed by atoms with E-state index in [1.165, 1.54) is 11.3 Å². The molecule has 1 aromatic carbocycles. The van der Waals surface area contributed by atoms with Gasteiger partial charge in [-0.05, 0) is 49.2 Å². The summed E-state index contributed by atoms with van der Waals surface area (Å²) in [7, 11) is 0. The lowest BCUT2D eigenvalue weighted by Gasteiger charge is -2.07. The molecular weight excluding hydrogens is 418 g/mol. The number of aryl methyl sites for hydroxylation is 2. The Bertz CT molecular complexity index is 803. The summed E-state index contributed by atoms with van der Waals surface area (Å²) in [6, 6.07) is 8.73. The average Bonchev–Trinajstić information content (AvgIpc) is 3.01. The van der Waals surface area contributed by atoms with Crippen LogP contribution < -0.4 is 16.2 Å². The zero-order valence-electron chi connectivity index (χ0n) is 14.5. The summed E-state index contributed by atoms with van der Waals surface area (Å²) in [5, 5.41) is 2.66. The molecule has 1 aromatic heterocycles. The molecule has 0 aliphatic carbocycles. The molecule has 0 bridgehead atoms. The number of benzene rings is 1. The number of rotatable bonds is 6. The van der Waals surface area contributed by atoms with Crippen molar-refractivity contribution in [1.82, 2.24) is 16.2 Å². The molecule has 2 aromatic rings. The molecule has 0 aliphatic rings. The molecule has 0 aliphatic heterocycles. The van der Waals surface area contributed by atoms with Gasteiger partial charge in [0.1, 0.15) is 0 Å². The monoisotopic (exact) mass is 437 g/mol. The van der Waals surface area contributed by atoms with Crippen molar-refractivity contribution in [3.8, 4) is 0 Å². The Hall–Kier alpha value is -2.19. The van der Waals surface area contributed by atoms with Crippen LogP contribution in [-0.4, -0.2) is 24.3 Å². The van der Waals surface area contributed by atoms with Crippen molar-refractivity contribution in [3.63, 3.8) is 0 Å². The Kier molecular flexibility index (Phi) is 7.35. The number of carbonyl (C=O) groups excluding carboxylic acids is 3. The number of hydrogen-bond acceptors (Lipinski definition) is 4. The SMILES string of the molecule is CCc1sc(C(=O)NNC(=O)CCNC(=O)c2ccc(Br)cc2)cc1C. The quantitative estimate of drug-likeness (QED) is 0.606. The number of halogens is 1. The third kappa shape index (κ3) is 5.67. The Morgan fingerprint density at radius 1 is 1.08 bits per heavy atom. The molecule has 6 nitrogen and oxygen atoms in total. The molecule has 0 atom stereocenters. The minimum Gasteiger partial charge on any atom is -0.352 e. The summed E-state index contributed by atoms with van der Waals surface area (Å²) in [5.74, 6) is -0.973. The van der Waals surface area contributed by atoms with Gasteiger partial charge in [-0.1, -0.05) is 22.9 Å². The van der Waals surface area contributed by atoms with Crippen LogP contribution in [0.25, 0.3) is 0 Å². The first-order valence-electron chi connectivity index (χ1n) is 8.13. The molecule has 0 unspecified atom stereocenters. The van der Waals surface area contributed by atoms with Crippen molar-refractivity contribution >= 4 is 45.0 Å². The maximum absolute atomic E-state index is 12.0. The van der Waals surface area contributed by atoms with Gasteiger partial charge in [0.05, 0.1) is 4.88 Å². The summed E-state index contributed by atoms with van der Waals surface area (Å²) < 4.78 is 0.885. The summed E-state index contributed by atoms with van der Waals surface area (Å²) in [4.78, 5) is 37.5. The summed E-state index contributed by atoms with van der Waals surface area (Å²) >= 11 is 4.72. The van der Waals surface area contributed by atoms with Crippen LogP contribution in [-0.2, 0) is 11.2 Å². The maximum Gasteiger partial charge on any atom is 0.279 e. The van der Waals surface area contributed by atoms with Crippen LogP contribution in [0, 0.1) is 6.92 Å². The third-order valence-electron chi connectivity index (χ3n) is 3.62. The van der Waals surface area contributed by atoms with Crippen molar-refractivity contribution < 1.29 is 14.4 Å². The highest BCUT2D eigenvalue weighted by atomic mass is 79.9. The molecule has 0 fully saturated rings. The number of amides is 3. The van der Waals surface area contributed by atoms with Gasteiger partial charge in [0.25, 0.3) is 11.8 Å². The lowest BCUT2D eigenvalue weighted by molar-refractivity contribution is -0.121. The Labute approximate surface area is 164 Å². The van der Waals surface area contributed by atoms with Gasteiger partial charge in [-0.3, -0.25) is 25.2 Å². The molecule has 3 N–H and O–H groups in total. The number of thiophene rings is 1. The van der Waals surface area contributed by atoms with Crippen LogP contribution in [0.15, 0.2) is 34.8 Å². The van der Waals surface area contributed by atoms with Crippen LogP contribution in [0.5, 0.6) is 0 Å². The fourth-order valence-electron chi connectivity index (χ4n) is 2.23. The molecule has 0 saturated carbocycles. The predicted molar refractivity (Wildman–Crippen MR) is 105 cm³/mol. The molecule has 138 valence electrons. The molecule has 2 rings (SSSR count). The van der Waals surface area contributed by atoms with Gasteiger partial charge >= 0.3 is 0 Å². The molecule has 0 spiro atoms. The smallest absolute Gasteiger partial charge is 0.279 e. The van der Waals surface area contributed by atoms with Gasteiger partial charge in [0.15, 0.2) is 0 Å². The van der Waals surface area contributed by atoms with Crippen LogP contribution in [0.2, 0.25) is 0 Å². The van der Waals surface area contributed by atoms with Crippen molar-refractivity contribution in [2.45, 2.75) is 26.7 Å². The highest BCUT2D eigenvalue weighted by molar-refractivity contribution is 9.10. The lowest BCUT2D eigenvalue weighted by Crippen LogP contribution is -2.42. The first-order chi connectivity index (χ1) is 12.4. The molecule has 3 amide bonds. The van der Waals surface area contributed by atoms with E-state index in [4.69, 9.17) is 0 Å². The molecule has 1 heterocycles. The third-order valence-corrected chi connectivity index (χ3v) is 5.53. The normalized spacial score (nSPS) is 10.3. The largest absolute Gasteiger partial charge is 0.352 e. The minimum atomic E-state index is -0.376. The van der Waals surface area contributed by atoms with E-state index in [-0.39, 0.29) is 30.7 Å². The predicted octanol–water partition coefficient (Wildman–Crippen LogP) is 2.96. The molecule has 0 saturated heterocycles. The van der Waals surface area contributed by atoms with E-state index in [2.05, 4.69) is 32.1 Å². The zero-order valence-corrected chi connectivity index (χ0v) is 16.9. The second-order valence-corrected chi connectivity index (χ2v) is 7.64. The zero-order chi connectivity index (χ0) is 19.1. The lowest BCUT2D eigenvalue weighted by atomic mass is 10.2. The topological polar surface area (TPSA) is 87.3 Å². The van der Waals surface area contributed by atoms with E-state index in [9.17, 15) is 14.4 Å². The van der Waals surface area contributed by atoms with Crippen molar-refractivity contribution in [3.05, 3.63) is 55.7 Å². The van der Waals surface area contributed by atoms with Gasteiger partial charge in [0.2, 0.25) is 5.91 Å². The van der Waals surface area contributed by atoms with Crippen molar-refractivity contribution in [1.29, 1.82) is 0 Å². The summed E-state index contributed by atoms with van der Waals surface area (Å²) in [5.41, 5.74) is 6.34. The van der Waals surface area contributed by atoms with E-state index >= 15 is 0 Å². The van der Waals surface area contributed by atoms with E-state index in [0.29, 0.717) is 10.4 Å². The van der Waals surface area contributed by atoms with Crippen LogP contribution in [0.3, 0.4) is 0 Å². The number of hydrazine groups is 1. The Balaban J connectivity index is 1.72. The highest BCUT2D eigenvalue weighted by Crippen LogP contribution is 2.21. The Morgan fingerprint density at radius 3 is 2.38 bits per heavy atom. The summed E-state index contributed by atoms with van der Waals surface area (Å²) in [6.45, 7) is 4.17.